The minimum Gasteiger partial charge on any atom is -0.374 e. The smallest absolute Gasteiger partial charge is 0.374 e. The van der Waals surface area contributed by atoms with Gasteiger partial charge in [0, 0.05) is 13.0 Å². The third-order valence-electron chi connectivity index (χ3n) is 4.03. The lowest BCUT2D eigenvalue weighted by Crippen LogP contribution is -2.23. The molecular formula is C16H16F3N5. The highest BCUT2D eigenvalue weighted by Gasteiger charge is 2.31. The first kappa shape index (κ1) is 16.3. The molecule has 5 nitrogen and oxygen atoms in total. The van der Waals surface area contributed by atoms with Crippen molar-refractivity contribution in [2.24, 2.45) is 0 Å². The van der Waals surface area contributed by atoms with Crippen LogP contribution in [0.2, 0.25) is 0 Å². The molecule has 2 heterocycles. The first-order chi connectivity index (χ1) is 11.4. The second kappa shape index (κ2) is 6.15. The quantitative estimate of drug-likeness (QED) is 0.929. The minimum absolute atomic E-state index is 0.0304. The predicted octanol–water partition coefficient (Wildman–Crippen LogP) is 3.68. The Balaban J connectivity index is 1.90. The van der Waals surface area contributed by atoms with E-state index in [-0.39, 0.29) is 11.6 Å². The fourth-order valence-corrected chi connectivity index (χ4v) is 2.81. The van der Waals surface area contributed by atoms with Gasteiger partial charge in [-0.25, -0.2) is 9.67 Å². The van der Waals surface area contributed by atoms with Gasteiger partial charge in [-0.1, -0.05) is 6.92 Å². The Bertz CT molecular complexity index is 788. The van der Waals surface area contributed by atoms with Crippen LogP contribution < -0.4 is 5.32 Å². The van der Waals surface area contributed by atoms with Crippen LogP contribution in [0.15, 0.2) is 18.2 Å². The standard InChI is InChI=1S/C16H16F3N5/c1-2-14-22-15-13(4-3-7-24(15)23-14)21-12-6-5-11(16(17,18)19)8-10(12)9-20/h5-6,8,13,21H,2-4,7H2,1H3/t13-/m0/s1. The van der Waals surface area contributed by atoms with Crippen molar-refractivity contribution in [2.45, 2.75) is 44.9 Å². The van der Waals surface area contributed by atoms with Crippen molar-refractivity contribution in [3.05, 3.63) is 41.0 Å². The summed E-state index contributed by atoms with van der Waals surface area (Å²) < 4.78 is 40.2. The monoisotopic (exact) mass is 335 g/mol. The average molecular weight is 335 g/mol. The number of fused-ring (bicyclic) bond motifs is 1. The molecule has 3 rings (SSSR count). The maximum absolute atomic E-state index is 12.8. The molecule has 2 aromatic rings. The van der Waals surface area contributed by atoms with Gasteiger partial charge >= 0.3 is 6.18 Å². The van der Waals surface area contributed by atoms with E-state index in [4.69, 9.17) is 0 Å². The number of halogens is 3. The number of nitrogens with zero attached hydrogens (tertiary/aromatic N) is 4. The van der Waals surface area contributed by atoms with Crippen molar-refractivity contribution < 1.29 is 13.2 Å². The summed E-state index contributed by atoms with van der Waals surface area (Å²) in [6.07, 6.45) is -2.07. The van der Waals surface area contributed by atoms with Crippen LogP contribution in [0.3, 0.4) is 0 Å². The maximum atomic E-state index is 12.8. The number of nitriles is 1. The number of aryl methyl sites for hydroxylation is 2. The highest BCUT2D eigenvalue weighted by Crippen LogP contribution is 2.34. The molecule has 0 unspecified atom stereocenters. The summed E-state index contributed by atoms with van der Waals surface area (Å²) in [7, 11) is 0. The van der Waals surface area contributed by atoms with E-state index in [2.05, 4.69) is 15.4 Å². The molecule has 0 saturated carbocycles. The van der Waals surface area contributed by atoms with E-state index in [0.717, 1.165) is 49.6 Å². The van der Waals surface area contributed by atoms with Gasteiger partial charge in [0.2, 0.25) is 0 Å². The number of aromatic nitrogens is 3. The Kier molecular flexibility index (Phi) is 4.18. The zero-order valence-electron chi connectivity index (χ0n) is 13.1. The lowest BCUT2D eigenvalue weighted by atomic mass is 10.0. The summed E-state index contributed by atoms with van der Waals surface area (Å²) in [5.74, 6) is 1.51. The number of hydrogen-bond donors (Lipinski definition) is 1. The number of anilines is 1. The van der Waals surface area contributed by atoms with Crippen molar-refractivity contribution in [2.75, 3.05) is 5.32 Å². The molecule has 1 aromatic carbocycles. The highest BCUT2D eigenvalue weighted by molar-refractivity contribution is 5.59. The molecule has 126 valence electrons. The van der Waals surface area contributed by atoms with Gasteiger partial charge < -0.3 is 5.32 Å². The molecule has 0 amide bonds. The van der Waals surface area contributed by atoms with Crippen LogP contribution in [0.1, 0.15) is 48.6 Å². The third-order valence-corrected chi connectivity index (χ3v) is 4.03. The number of nitrogens with one attached hydrogen (secondary N) is 1. The molecular weight excluding hydrogens is 319 g/mol. The molecule has 0 fully saturated rings. The Labute approximate surface area is 137 Å². The third kappa shape index (κ3) is 3.07. The lowest BCUT2D eigenvalue weighted by molar-refractivity contribution is -0.137. The summed E-state index contributed by atoms with van der Waals surface area (Å²) in [5.41, 5.74) is -0.480. The van der Waals surface area contributed by atoms with Gasteiger partial charge in [-0.05, 0) is 31.0 Å². The van der Waals surface area contributed by atoms with E-state index in [1.165, 1.54) is 6.07 Å². The molecule has 1 aliphatic rings. The van der Waals surface area contributed by atoms with Crippen molar-refractivity contribution in [3.63, 3.8) is 0 Å². The molecule has 1 atom stereocenters. The summed E-state index contributed by atoms with van der Waals surface area (Å²) in [6.45, 7) is 2.74. The SMILES string of the molecule is CCc1nc2n(n1)CCC[C@@H]2Nc1ccc(C(F)(F)F)cc1C#N. The predicted molar refractivity (Wildman–Crippen MR) is 81.2 cm³/mol. The molecule has 1 aromatic heterocycles. The second-order valence-electron chi connectivity index (χ2n) is 5.67. The summed E-state index contributed by atoms with van der Waals surface area (Å²) in [6, 6.07) is 4.81. The highest BCUT2D eigenvalue weighted by atomic mass is 19.4. The number of alkyl halides is 3. The van der Waals surface area contributed by atoms with E-state index in [0.29, 0.717) is 5.69 Å². The number of benzene rings is 1. The van der Waals surface area contributed by atoms with Crippen LogP contribution >= 0.6 is 0 Å². The summed E-state index contributed by atoms with van der Waals surface area (Å²) in [4.78, 5) is 4.49. The van der Waals surface area contributed by atoms with E-state index in [9.17, 15) is 18.4 Å². The fourth-order valence-electron chi connectivity index (χ4n) is 2.81. The molecule has 0 bridgehead atoms. The van der Waals surface area contributed by atoms with Gasteiger partial charge in [-0.2, -0.15) is 23.5 Å². The number of hydrogen-bond acceptors (Lipinski definition) is 4. The van der Waals surface area contributed by atoms with Crippen LogP contribution in [0, 0.1) is 11.3 Å². The zero-order valence-corrected chi connectivity index (χ0v) is 13.1. The topological polar surface area (TPSA) is 66.5 Å². The van der Waals surface area contributed by atoms with Gasteiger partial charge in [-0.15, -0.1) is 0 Å². The molecule has 0 spiro atoms. The van der Waals surface area contributed by atoms with Crippen LogP contribution in [0.4, 0.5) is 18.9 Å². The van der Waals surface area contributed by atoms with Gasteiger partial charge in [-0.3, -0.25) is 0 Å². The van der Waals surface area contributed by atoms with Crippen molar-refractivity contribution in [1.82, 2.24) is 14.8 Å². The van der Waals surface area contributed by atoms with Crippen LogP contribution in [0.25, 0.3) is 0 Å². The second-order valence-corrected chi connectivity index (χ2v) is 5.67. The number of rotatable bonds is 3. The van der Waals surface area contributed by atoms with E-state index >= 15 is 0 Å². The maximum Gasteiger partial charge on any atom is 0.416 e. The minimum atomic E-state index is -4.47. The van der Waals surface area contributed by atoms with Crippen LogP contribution in [-0.2, 0) is 19.1 Å². The fraction of sp³-hybridized carbons (Fsp3) is 0.438. The Morgan fingerprint density at radius 3 is 2.88 bits per heavy atom. The van der Waals surface area contributed by atoms with Gasteiger partial charge in [0.1, 0.15) is 11.9 Å². The molecule has 1 aliphatic heterocycles. The van der Waals surface area contributed by atoms with Gasteiger partial charge in [0.25, 0.3) is 0 Å². The van der Waals surface area contributed by atoms with Gasteiger partial charge in [0.15, 0.2) is 5.82 Å². The molecule has 0 saturated heterocycles. The molecule has 0 aliphatic carbocycles. The van der Waals surface area contributed by atoms with E-state index in [1.807, 2.05) is 17.7 Å². The Hall–Kier alpha value is -2.56. The van der Waals surface area contributed by atoms with E-state index in [1.54, 1.807) is 0 Å². The first-order valence-corrected chi connectivity index (χ1v) is 7.74. The average Bonchev–Trinajstić information content (AvgIpc) is 2.98. The lowest BCUT2D eigenvalue weighted by Gasteiger charge is -2.24. The van der Waals surface area contributed by atoms with Crippen molar-refractivity contribution >= 4 is 5.69 Å². The first-order valence-electron chi connectivity index (χ1n) is 7.74. The summed E-state index contributed by atoms with van der Waals surface area (Å²) >= 11 is 0. The Morgan fingerprint density at radius 1 is 1.42 bits per heavy atom. The Morgan fingerprint density at radius 2 is 2.21 bits per heavy atom. The largest absolute Gasteiger partial charge is 0.416 e. The molecule has 8 heteroatoms. The van der Waals surface area contributed by atoms with Crippen molar-refractivity contribution in [3.8, 4) is 6.07 Å². The van der Waals surface area contributed by atoms with Crippen molar-refractivity contribution in [1.29, 1.82) is 5.26 Å². The normalized spacial score (nSPS) is 17.2. The van der Waals surface area contributed by atoms with Crippen LogP contribution in [-0.4, -0.2) is 14.8 Å². The summed E-state index contributed by atoms with van der Waals surface area (Å²) in [5, 5.41) is 16.7. The van der Waals surface area contributed by atoms with Gasteiger partial charge in [0.05, 0.1) is 22.9 Å². The molecule has 1 N–H and O–H groups in total. The van der Waals surface area contributed by atoms with E-state index < -0.39 is 11.7 Å². The molecule has 24 heavy (non-hydrogen) atoms. The zero-order chi connectivity index (χ0) is 17.3. The molecule has 0 radical (unpaired) electrons. The van der Waals surface area contributed by atoms with Crippen LogP contribution in [0.5, 0.6) is 0 Å².